The molecule has 4 atom stereocenters. The summed E-state index contributed by atoms with van der Waals surface area (Å²) < 4.78 is 11.0. The highest BCUT2D eigenvalue weighted by Gasteiger charge is 2.54. The Morgan fingerprint density at radius 1 is 1.42 bits per heavy atom. The molecule has 6 heteroatoms. The molecule has 1 aliphatic carbocycles. The van der Waals surface area contributed by atoms with Gasteiger partial charge in [0.1, 0.15) is 5.69 Å². The van der Waals surface area contributed by atoms with E-state index >= 15 is 0 Å². The number of rotatable bonds is 4. The number of nitrogens with one attached hydrogen (secondary N) is 1. The Balaban J connectivity index is 1.54. The molecule has 1 saturated heterocycles. The number of carbonyl (C=O) groups excluding carboxylic acids is 1. The van der Waals surface area contributed by atoms with Gasteiger partial charge in [0.05, 0.1) is 23.3 Å². The number of para-hydroxylation sites is 1. The molecule has 24 heavy (non-hydrogen) atoms. The van der Waals surface area contributed by atoms with Crippen LogP contribution in [0.5, 0.6) is 0 Å². The van der Waals surface area contributed by atoms with Crippen molar-refractivity contribution in [2.24, 2.45) is 11.8 Å². The smallest absolute Gasteiger partial charge is 0.270 e. The van der Waals surface area contributed by atoms with E-state index in [1.807, 2.05) is 18.2 Å². The van der Waals surface area contributed by atoms with Crippen molar-refractivity contribution >= 4 is 28.4 Å². The molecule has 1 aliphatic heterocycles. The van der Waals surface area contributed by atoms with Crippen LogP contribution in [0.25, 0.3) is 10.9 Å². The molecular formula is C18H19ClN2O3. The number of methoxy groups -OCH3 is 1. The van der Waals surface area contributed by atoms with Crippen molar-refractivity contribution in [2.45, 2.75) is 18.6 Å². The molecule has 0 spiro atoms. The first-order chi connectivity index (χ1) is 11.7. The van der Waals surface area contributed by atoms with E-state index < -0.39 is 0 Å². The summed E-state index contributed by atoms with van der Waals surface area (Å²) in [6.07, 6.45) is 1.18. The van der Waals surface area contributed by atoms with Crippen LogP contribution in [0.1, 0.15) is 16.9 Å². The van der Waals surface area contributed by atoms with E-state index in [2.05, 4.69) is 10.3 Å². The van der Waals surface area contributed by atoms with E-state index in [1.54, 1.807) is 19.2 Å². The second-order valence-electron chi connectivity index (χ2n) is 6.41. The van der Waals surface area contributed by atoms with Gasteiger partial charge in [-0.25, -0.2) is 4.98 Å². The number of halogens is 1. The molecule has 2 aromatic rings. The predicted octanol–water partition coefficient (Wildman–Crippen LogP) is 2.67. The molecule has 1 saturated carbocycles. The zero-order chi connectivity index (χ0) is 16.7. The lowest BCUT2D eigenvalue weighted by Gasteiger charge is -2.47. The molecule has 0 radical (unpaired) electrons. The summed E-state index contributed by atoms with van der Waals surface area (Å²) in [5.41, 5.74) is 1.03. The Hall–Kier alpha value is -1.69. The molecule has 126 valence electrons. The van der Waals surface area contributed by atoms with Gasteiger partial charge in [-0.1, -0.05) is 29.8 Å². The first-order valence-corrected chi connectivity index (χ1v) is 8.53. The number of ether oxygens (including phenoxy) is 2. The van der Waals surface area contributed by atoms with Gasteiger partial charge in [0.25, 0.3) is 5.91 Å². The normalized spacial score (nSPS) is 28.4. The van der Waals surface area contributed by atoms with Gasteiger partial charge in [0.2, 0.25) is 0 Å². The average Bonchev–Trinajstić information content (AvgIpc) is 3.02. The van der Waals surface area contributed by atoms with E-state index in [0.29, 0.717) is 28.8 Å². The number of aromatic nitrogens is 1. The van der Waals surface area contributed by atoms with Crippen molar-refractivity contribution < 1.29 is 14.3 Å². The molecule has 1 aromatic carbocycles. The minimum absolute atomic E-state index is 0.0775. The standard InChI is InChI=1S/C18H19ClN2O3/c1-23-9-12-16(11-7-8-24-17(11)12)21-18(22)14-6-5-10-3-2-4-13(19)15(10)20-14/h2-6,11-12,16-17H,7-9H2,1H3,(H,21,22)/t11-,12+,16+,17-/m1/s1. The summed E-state index contributed by atoms with van der Waals surface area (Å²) in [4.78, 5) is 17.1. The second kappa shape index (κ2) is 6.31. The van der Waals surface area contributed by atoms with Crippen molar-refractivity contribution in [2.75, 3.05) is 20.3 Å². The number of fused-ring (bicyclic) bond motifs is 2. The predicted molar refractivity (Wildman–Crippen MR) is 91.2 cm³/mol. The van der Waals surface area contributed by atoms with E-state index in [4.69, 9.17) is 21.1 Å². The summed E-state index contributed by atoms with van der Waals surface area (Å²) in [6.45, 7) is 1.34. The van der Waals surface area contributed by atoms with Gasteiger partial charge in [-0.15, -0.1) is 0 Å². The van der Waals surface area contributed by atoms with Crippen LogP contribution in [0, 0.1) is 11.8 Å². The summed E-state index contributed by atoms with van der Waals surface area (Å²) in [7, 11) is 1.67. The number of nitrogens with zero attached hydrogens (tertiary/aromatic N) is 1. The molecule has 1 amide bonds. The lowest BCUT2D eigenvalue weighted by atomic mass is 9.67. The number of carbonyl (C=O) groups is 1. The maximum absolute atomic E-state index is 12.6. The van der Waals surface area contributed by atoms with Crippen molar-refractivity contribution in [1.29, 1.82) is 0 Å². The first kappa shape index (κ1) is 15.8. The molecule has 1 aromatic heterocycles. The first-order valence-electron chi connectivity index (χ1n) is 8.15. The van der Waals surface area contributed by atoms with Gasteiger partial charge >= 0.3 is 0 Å². The fourth-order valence-corrected chi connectivity index (χ4v) is 4.12. The topological polar surface area (TPSA) is 60.5 Å². The largest absolute Gasteiger partial charge is 0.384 e. The summed E-state index contributed by atoms with van der Waals surface area (Å²) in [5.74, 6) is 0.405. The Bertz CT molecular complexity index is 782. The average molecular weight is 347 g/mol. The Kier molecular flexibility index (Phi) is 4.16. The van der Waals surface area contributed by atoms with E-state index in [1.165, 1.54) is 0 Å². The van der Waals surface area contributed by atoms with Crippen LogP contribution in [-0.2, 0) is 9.47 Å². The molecular weight excluding hydrogens is 328 g/mol. The van der Waals surface area contributed by atoms with Crippen LogP contribution in [-0.4, -0.2) is 43.4 Å². The van der Waals surface area contributed by atoms with Gasteiger partial charge in [-0.05, 0) is 18.6 Å². The lowest BCUT2D eigenvalue weighted by molar-refractivity contribution is -0.0810. The van der Waals surface area contributed by atoms with E-state index in [-0.39, 0.29) is 24.0 Å². The number of hydrogen-bond donors (Lipinski definition) is 1. The van der Waals surface area contributed by atoms with Crippen LogP contribution >= 0.6 is 11.6 Å². The van der Waals surface area contributed by atoms with Crippen LogP contribution < -0.4 is 5.32 Å². The highest BCUT2D eigenvalue weighted by molar-refractivity contribution is 6.35. The zero-order valence-electron chi connectivity index (χ0n) is 13.4. The highest BCUT2D eigenvalue weighted by atomic mass is 35.5. The second-order valence-corrected chi connectivity index (χ2v) is 6.82. The molecule has 0 unspecified atom stereocenters. The van der Waals surface area contributed by atoms with Crippen molar-refractivity contribution in [3.8, 4) is 0 Å². The third-order valence-electron chi connectivity index (χ3n) is 5.09. The van der Waals surface area contributed by atoms with Crippen LogP contribution in [0.3, 0.4) is 0 Å². The van der Waals surface area contributed by atoms with Crippen LogP contribution in [0.2, 0.25) is 5.02 Å². The van der Waals surface area contributed by atoms with Crippen LogP contribution in [0.15, 0.2) is 30.3 Å². The number of pyridine rings is 1. The maximum atomic E-state index is 12.6. The molecule has 5 nitrogen and oxygen atoms in total. The number of amides is 1. The van der Waals surface area contributed by atoms with Crippen LogP contribution in [0.4, 0.5) is 0 Å². The quantitative estimate of drug-likeness (QED) is 0.924. The minimum atomic E-state index is -0.173. The summed E-state index contributed by atoms with van der Waals surface area (Å²) in [6, 6.07) is 9.26. The minimum Gasteiger partial charge on any atom is -0.384 e. The molecule has 2 fully saturated rings. The monoisotopic (exact) mass is 346 g/mol. The summed E-state index contributed by atoms with van der Waals surface area (Å²) >= 11 is 6.19. The Morgan fingerprint density at radius 3 is 3.12 bits per heavy atom. The summed E-state index contributed by atoms with van der Waals surface area (Å²) in [5, 5.41) is 4.59. The zero-order valence-corrected chi connectivity index (χ0v) is 14.1. The van der Waals surface area contributed by atoms with Gasteiger partial charge in [0.15, 0.2) is 0 Å². The molecule has 1 N–H and O–H groups in total. The maximum Gasteiger partial charge on any atom is 0.270 e. The number of hydrogen-bond acceptors (Lipinski definition) is 4. The van der Waals surface area contributed by atoms with Gasteiger partial charge in [-0.3, -0.25) is 4.79 Å². The van der Waals surface area contributed by atoms with Crippen molar-refractivity contribution in [1.82, 2.24) is 10.3 Å². The fourth-order valence-electron chi connectivity index (χ4n) is 3.90. The third kappa shape index (κ3) is 2.57. The molecule has 2 heterocycles. The van der Waals surface area contributed by atoms with Gasteiger partial charge in [-0.2, -0.15) is 0 Å². The third-order valence-corrected chi connectivity index (χ3v) is 5.39. The van der Waals surface area contributed by atoms with E-state index in [9.17, 15) is 4.79 Å². The van der Waals surface area contributed by atoms with Gasteiger partial charge in [0, 0.05) is 37.0 Å². The number of benzene rings is 1. The molecule has 4 rings (SSSR count). The van der Waals surface area contributed by atoms with Crippen molar-refractivity contribution in [3.63, 3.8) is 0 Å². The highest BCUT2D eigenvalue weighted by Crippen LogP contribution is 2.43. The fraction of sp³-hybridized carbons (Fsp3) is 0.444. The SMILES string of the molecule is COC[C@H]1[C@@H](NC(=O)c2ccc3cccc(Cl)c3n2)[C@H]2CCO[C@H]21. The lowest BCUT2D eigenvalue weighted by Crippen LogP contribution is -2.62. The van der Waals surface area contributed by atoms with Gasteiger partial charge < -0.3 is 14.8 Å². The molecule has 2 aliphatic rings. The van der Waals surface area contributed by atoms with E-state index in [0.717, 1.165) is 18.4 Å². The van der Waals surface area contributed by atoms with Crippen molar-refractivity contribution in [3.05, 3.63) is 41.0 Å². The molecule has 0 bridgehead atoms. The Labute approximate surface area is 145 Å². The Morgan fingerprint density at radius 2 is 2.29 bits per heavy atom.